The van der Waals surface area contributed by atoms with Crippen LogP contribution in [0.15, 0.2) is 18.2 Å². The molecule has 0 aliphatic carbocycles. The lowest BCUT2D eigenvalue weighted by molar-refractivity contribution is -0.117. The van der Waals surface area contributed by atoms with Gasteiger partial charge >= 0.3 is 6.03 Å². The topological polar surface area (TPSA) is 86.4 Å². The number of piperazine rings is 1. The number of amides is 3. The summed E-state index contributed by atoms with van der Waals surface area (Å²) in [5.41, 5.74) is 0.732. The third kappa shape index (κ3) is 6.24. The van der Waals surface area contributed by atoms with Crippen LogP contribution in [0.25, 0.3) is 0 Å². The third-order valence-electron chi connectivity index (χ3n) is 5.99. The first kappa shape index (κ1) is 23.1. The van der Waals surface area contributed by atoms with E-state index in [0.717, 1.165) is 51.4 Å². The molecule has 9 heteroatoms. The maximum absolute atomic E-state index is 12.5. The molecule has 1 aromatic rings. The molecule has 0 unspecified atom stereocenters. The Morgan fingerprint density at radius 3 is 2.48 bits per heavy atom. The molecule has 1 atom stereocenters. The molecule has 2 saturated heterocycles. The monoisotopic (exact) mass is 433 g/mol. The van der Waals surface area contributed by atoms with Crippen LogP contribution in [0.5, 0.6) is 11.5 Å². The van der Waals surface area contributed by atoms with Crippen LogP contribution < -0.4 is 25.0 Å². The van der Waals surface area contributed by atoms with Gasteiger partial charge in [-0.15, -0.1) is 0 Å². The number of nitrogens with one attached hydrogen (secondary N) is 2. The Kier molecular flexibility index (Phi) is 8.36. The highest BCUT2D eigenvalue weighted by atomic mass is 16.5. The standard InChI is InChI=1S/C22H35N5O4/c1-4-25-10-12-26(13-11-25)9-5-8-23-22(29)24-17-14-21(28)27(16-17)18-6-7-19(30-2)20(15-18)31-3/h6-7,15,17H,4-5,8-14,16H2,1-3H3,(H2,23,24,29)/t17-/m0/s1. The Balaban J connectivity index is 1.39. The second kappa shape index (κ2) is 11.2. The zero-order chi connectivity index (χ0) is 22.2. The molecule has 0 spiro atoms. The lowest BCUT2D eigenvalue weighted by atomic mass is 10.2. The van der Waals surface area contributed by atoms with Crippen molar-refractivity contribution in [3.63, 3.8) is 0 Å². The minimum Gasteiger partial charge on any atom is -0.493 e. The average molecular weight is 434 g/mol. The summed E-state index contributed by atoms with van der Waals surface area (Å²) >= 11 is 0. The fourth-order valence-corrected chi connectivity index (χ4v) is 4.12. The van der Waals surface area contributed by atoms with E-state index in [9.17, 15) is 9.59 Å². The second-order valence-corrected chi connectivity index (χ2v) is 7.97. The predicted molar refractivity (Wildman–Crippen MR) is 120 cm³/mol. The molecule has 31 heavy (non-hydrogen) atoms. The summed E-state index contributed by atoms with van der Waals surface area (Å²) in [5.74, 6) is 1.15. The van der Waals surface area contributed by atoms with Gasteiger partial charge in [0.2, 0.25) is 5.91 Å². The van der Waals surface area contributed by atoms with Gasteiger partial charge in [0.05, 0.1) is 20.3 Å². The third-order valence-corrected chi connectivity index (χ3v) is 5.99. The van der Waals surface area contributed by atoms with Crippen molar-refractivity contribution in [2.45, 2.75) is 25.8 Å². The summed E-state index contributed by atoms with van der Waals surface area (Å²) in [7, 11) is 3.14. The highest BCUT2D eigenvalue weighted by Crippen LogP contribution is 2.33. The fraction of sp³-hybridized carbons (Fsp3) is 0.636. The molecule has 0 aromatic heterocycles. The summed E-state index contributed by atoms with van der Waals surface area (Å²) in [6.07, 6.45) is 1.20. The van der Waals surface area contributed by atoms with Gasteiger partial charge in [0, 0.05) is 57.4 Å². The van der Waals surface area contributed by atoms with Gasteiger partial charge in [-0.1, -0.05) is 6.92 Å². The lowest BCUT2D eigenvalue weighted by Crippen LogP contribution is -2.47. The van der Waals surface area contributed by atoms with E-state index in [1.54, 1.807) is 31.3 Å². The van der Waals surface area contributed by atoms with Crippen molar-refractivity contribution in [1.82, 2.24) is 20.4 Å². The molecule has 2 fully saturated rings. The number of methoxy groups -OCH3 is 2. The molecule has 9 nitrogen and oxygen atoms in total. The molecule has 2 aliphatic heterocycles. The highest BCUT2D eigenvalue weighted by molar-refractivity contribution is 5.97. The first-order valence-corrected chi connectivity index (χ1v) is 11.1. The average Bonchev–Trinajstić information content (AvgIpc) is 3.16. The molecular formula is C22H35N5O4. The molecule has 3 rings (SSSR count). The van der Waals surface area contributed by atoms with Gasteiger partial charge in [0.25, 0.3) is 0 Å². The molecule has 2 N–H and O–H groups in total. The van der Waals surface area contributed by atoms with Crippen molar-refractivity contribution in [2.75, 3.05) is 71.5 Å². The summed E-state index contributed by atoms with van der Waals surface area (Å²) < 4.78 is 10.6. The Bertz CT molecular complexity index is 751. The summed E-state index contributed by atoms with van der Waals surface area (Å²) in [4.78, 5) is 31.3. The van der Waals surface area contributed by atoms with Crippen molar-refractivity contribution in [2.24, 2.45) is 0 Å². The van der Waals surface area contributed by atoms with E-state index in [2.05, 4.69) is 27.4 Å². The molecule has 0 radical (unpaired) electrons. The maximum atomic E-state index is 12.5. The normalized spacial score (nSPS) is 20.0. The molecule has 2 aliphatic rings. The van der Waals surface area contributed by atoms with Gasteiger partial charge < -0.3 is 34.8 Å². The van der Waals surface area contributed by atoms with Crippen LogP contribution in [0.1, 0.15) is 19.8 Å². The van der Waals surface area contributed by atoms with Crippen LogP contribution in [-0.2, 0) is 4.79 Å². The number of hydrogen-bond acceptors (Lipinski definition) is 6. The molecule has 1 aromatic carbocycles. The van der Waals surface area contributed by atoms with Crippen LogP contribution in [0.3, 0.4) is 0 Å². The van der Waals surface area contributed by atoms with Crippen molar-refractivity contribution >= 4 is 17.6 Å². The smallest absolute Gasteiger partial charge is 0.315 e. The Hall–Kier alpha value is -2.52. The quantitative estimate of drug-likeness (QED) is 0.568. The first-order chi connectivity index (χ1) is 15.0. The van der Waals surface area contributed by atoms with Gasteiger partial charge in [-0.2, -0.15) is 0 Å². The van der Waals surface area contributed by atoms with Crippen LogP contribution in [0.2, 0.25) is 0 Å². The number of urea groups is 1. The largest absolute Gasteiger partial charge is 0.493 e. The van der Waals surface area contributed by atoms with Gasteiger partial charge in [-0.25, -0.2) is 4.79 Å². The molecule has 0 saturated carbocycles. The first-order valence-electron chi connectivity index (χ1n) is 11.1. The number of carbonyl (C=O) groups is 2. The number of rotatable bonds is 9. The number of anilines is 1. The van der Waals surface area contributed by atoms with E-state index in [4.69, 9.17) is 9.47 Å². The summed E-state index contributed by atoms with van der Waals surface area (Å²) in [6, 6.07) is 4.93. The Labute approximate surface area is 184 Å². The highest BCUT2D eigenvalue weighted by Gasteiger charge is 2.32. The van der Waals surface area contributed by atoms with E-state index in [0.29, 0.717) is 24.6 Å². The van der Waals surface area contributed by atoms with Crippen LogP contribution in [0.4, 0.5) is 10.5 Å². The maximum Gasteiger partial charge on any atom is 0.315 e. The number of carbonyl (C=O) groups excluding carboxylic acids is 2. The van der Waals surface area contributed by atoms with Gasteiger partial charge in [-0.3, -0.25) is 4.79 Å². The molecule has 2 heterocycles. The van der Waals surface area contributed by atoms with Crippen molar-refractivity contribution < 1.29 is 19.1 Å². The van der Waals surface area contributed by atoms with Crippen LogP contribution in [-0.4, -0.2) is 94.4 Å². The summed E-state index contributed by atoms with van der Waals surface area (Å²) in [6.45, 7) is 9.79. The minimum absolute atomic E-state index is 0.0243. The number of ether oxygens (including phenoxy) is 2. The van der Waals surface area contributed by atoms with E-state index in [1.807, 2.05) is 6.07 Å². The van der Waals surface area contributed by atoms with Crippen LogP contribution in [0, 0.1) is 0 Å². The lowest BCUT2D eigenvalue weighted by Gasteiger charge is -2.33. The minimum atomic E-state index is -0.220. The SMILES string of the molecule is CCN1CCN(CCCNC(=O)N[C@H]2CC(=O)N(c3ccc(OC)c(OC)c3)C2)CC1. The summed E-state index contributed by atoms with van der Waals surface area (Å²) in [5, 5.41) is 5.84. The van der Waals surface area contributed by atoms with Crippen molar-refractivity contribution in [3.8, 4) is 11.5 Å². The van der Waals surface area contributed by atoms with Gasteiger partial charge in [-0.05, 0) is 31.6 Å². The van der Waals surface area contributed by atoms with E-state index >= 15 is 0 Å². The number of likely N-dealkylation sites (N-methyl/N-ethyl adjacent to an activating group) is 1. The molecule has 3 amide bonds. The number of nitrogens with zero attached hydrogens (tertiary/aromatic N) is 3. The van der Waals surface area contributed by atoms with E-state index in [1.165, 1.54) is 0 Å². The zero-order valence-electron chi connectivity index (χ0n) is 18.9. The second-order valence-electron chi connectivity index (χ2n) is 7.97. The fourth-order valence-electron chi connectivity index (χ4n) is 4.12. The predicted octanol–water partition coefficient (Wildman–Crippen LogP) is 1.14. The zero-order valence-corrected chi connectivity index (χ0v) is 18.9. The molecule has 0 bridgehead atoms. The van der Waals surface area contributed by atoms with Gasteiger partial charge in [0.15, 0.2) is 11.5 Å². The number of hydrogen-bond donors (Lipinski definition) is 2. The molecular weight excluding hydrogens is 398 g/mol. The van der Waals surface area contributed by atoms with Crippen molar-refractivity contribution in [1.29, 1.82) is 0 Å². The van der Waals surface area contributed by atoms with Gasteiger partial charge in [0.1, 0.15) is 0 Å². The van der Waals surface area contributed by atoms with E-state index < -0.39 is 0 Å². The Morgan fingerprint density at radius 2 is 1.81 bits per heavy atom. The van der Waals surface area contributed by atoms with Crippen LogP contribution >= 0.6 is 0 Å². The van der Waals surface area contributed by atoms with E-state index in [-0.39, 0.29) is 24.4 Å². The Morgan fingerprint density at radius 1 is 1.10 bits per heavy atom. The number of benzene rings is 1. The van der Waals surface area contributed by atoms with Crippen molar-refractivity contribution in [3.05, 3.63) is 18.2 Å². The molecule has 172 valence electrons.